The van der Waals surface area contributed by atoms with E-state index in [4.69, 9.17) is 4.74 Å². The molecule has 0 aliphatic heterocycles. The molecule has 2 aromatic rings. The van der Waals surface area contributed by atoms with Crippen LogP contribution in [0.4, 0.5) is 0 Å². The van der Waals surface area contributed by atoms with Gasteiger partial charge in [0, 0.05) is 18.3 Å². The number of hydrogen-bond acceptors (Lipinski definition) is 3. The van der Waals surface area contributed by atoms with Crippen LogP contribution in [0.1, 0.15) is 88.1 Å². The summed E-state index contributed by atoms with van der Waals surface area (Å²) in [6.07, 6.45) is 16.1. The number of aromatic nitrogens is 2. The molecule has 0 radical (unpaired) electrons. The summed E-state index contributed by atoms with van der Waals surface area (Å²) in [5.74, 6) is 3.23. The van der Waals surface area contributed by atoms with Crippen molar-refractivity contribution in [2.24, 2.45) is 5.92 Å². The Morgan fingerprint density at radius 1 is 0.821 bits per heavy atom. The van der Waals surface area contributed by atoms with Crippen molar-refractivity contribution in [3.8, 4) is 5.75 Å². The monoisotopic (exact) mass is 380 g/mol. The van der Waals surface area contributed by atoms with Crippen LogP contribution < -0.4 is 4.74 Å². The van der Waals surface area contributed by atoms with Crippen LogP contribution in [0.25, 0.3) is 0 Å². The molecule has 1 aliphatic rings. The van der Waals surface area contributed by atoms with E-state index in [0.717, 1.165) is 31.0 Å². The number of aryl methyl sites for hydroxylation is 2. The summed E-state index contributed by atoms with van der Waals surface area (Å²) in [6.45, 7) is 5.29. The zero-order valence-corrected chi connectivity index (χ0v) is 17.7. The third kappa shape index (κ3) is 6.32. The predicted molar refractivity (Wildman–Crippen MR) is 116 cm³/mol. The molecule has 0 amide bonds. The summed E-state index contributed by atoms with van der Waals surface area (Å²) < 4.78 is 6.05. The molecular formula is C25H36N2O. The lowest BCUT2D eigenvalue weighted by atomic mass is 9.82. The van der Waals surface area contributed by atoms with Gasteiger partial charge in [-0.1, -0.05) is 45.2 Å². The molecule has 0 atom stereocenters. The van der Waals surface area contributed by atoms with E-state index in [1.54, 1.807) is 0 Å². The molecule has 1 aromatic carbocycles. The number of rotatable bonds is 10. The number of hydrogen-bond donors (Lipinski definition) is 0. The molecule has 1 aromatic heterocycles. The largest absolute Gasteiger partial charge is 0.493 e. The number of unbranched alkanes of at least 4 members (excludes halogenated alkanes) is 2. The standard InChI is InChI=1S/C25H36N2O/c1-3-5-6-8-22-17-26-25(27-18-22)23-13-9-21(10-14-23)19-28-24-15-11-20(7-4-2)12-16-24/h11-12,15-18,21,23H,3-10,13-14,19H2,1-2H3/t21-,23-. The minimum absolute atomic E-state index is 0.522. The Kier molecular flexibility index (Phi) is 8.32. The van der Waals surface area contributed by atoms with Gasteiger partial charge in [0.2, 0.25) is 0 Å². The molecule has 1 aliphatic carbocycles. The fourth-order valence-electron chi connectivity index (χ4n) is 4.13. The average Bonchev–Trinajstić information content (AvgIpc) is 2.75. The highest BCUT2D eigenvalue weighted by molar-refractivity contribution is 5.27. The van der Waals surface area contributed by atoms with Crippen molar-refractivity contribution < 1.29 is 4.74 Å². The molecule has 1 saturated carbocycles. The third-order valence-corrected chi connectivity index (χ3v) is 5.95. The lowest BCUT2D eigenvalue weighted by Crippen LogP contribution is -2.20. The van der Waals surface area contributed by atoms with Crippen LogP contribution in [0.5, 0.6) is 5.75 Å². The fourth-order valence-corrected chi connectivity index (χ4v) is 4.13. The van der Waals surface area contributed by atoms with Crippen molar-refractivity contribution in [3.63, 3.8) is 0 Å². The molecule has 3 heteroatoms. The molecule has 3 rings (SSSR count). The Morgan fingerprint density at radius 2 is 1.54 bits per heavy atom. The van der Waals surface area contributed by atoms with Crippen molar-refractivity contribution in [3.05, 3.63) is 53.6 Å². The van der Waals surface area contributed by atoms with E-state index >= 15 is 0 Å². The van der Waals surface area contributed by atoms with Crippen molar-refractivity contribution in [1.29, 1.82) is 0 Å². The molecular weight excluding hydrogens is 344 g/mol. The van der Waals surface area contributed by atoms with Crippen molar-refractivity contribution in [2.45, 2.75) is 84.0 Å². The van der Waals surface area contributed by atoms with Gasteiger partial charge >= 0.3 is 0 Å². The minimum atomic E-state index is 0.522. The summed E-state index contributed by atoms with van der Waals surface area (Å²) in [6, 6.07) is 8.62. The quantitative estimate of drug-likeness (QED) is 0.440. The summed E-state index contributed by atoms with van der Waals surface area (Å²) in [5.41, 5.74) is 2.68. The summed E-state index contributed by atoms with van der Waals surface area (Å²) in [7, 11) is 0. The first-order valence-electron chi connectivity index (χ1n) is 11.3. The smallest absolute Gasteiger partial charge is 0.131 e. The first-order valence-corrected chi connectivity index (χ1v) is 11.3. The van der Waals surface area contributed by atoms with Crippen molar-refractivity contribution >= 4 is 0 Å². The Morgan fingerprint density at radius 3 is 2.18 bits per heavy atom. The second kappa shape index (κ2) is 11.2. The SMILES string of the molecule is CCCCCc1cnc([C@H]2CC[C@H](COc3ccc(CCC)cc3)CC2)nc1. The minimum Gasteiger partial charge on any atom is -0.493 e. The molecule has 0 N–H and O–H groups in total. The summed E-state index contributed by atoms with van der Waals surface area (Å²) in [5, 5.41) is 0. The first kappa shape index (κ1) is 20.8. The van der Waals surface area contributed by atoms with E-state index in [1.807, 2.05) is 0 Å². The van der Waals surface area contributed by atoms with Crippen LogP contribution in [0.15, 0.2) is 36.7 Å². The second-order valence-corrected chi connectivity index (χ2v) is 8.33. The summed E-state index contributed by atoms with van der Waals surface area (Å²) >= 11 is 0. The van der Waals surface area contributed by atoms with Gasteiger partial charge in [-0.3, -0.25) is 0 Å². The number of nitrogens with zero attached hydrogens (tertiary/aromatic N) is 2. The van der Waals surface area contributed by atoms with Crippen LogP contribution in [0, 0.1) is 5.92 Å². The molecule has 1 fully saturated rings. The molecule has 0 spiro atoms. The maximum Gasteiger partial charge on any atom is 0.131 e. The van der Waals surface area contributed by atoms with E-state index < -0.39 is 0 Å². The molecule has 3 nitrogen and oxygen atoms in total. The highest BCUT2D eigenvalue weighted by Crippen LogP contribution is 2.34. The fraction of sp³-hybridized carbons (Fsp3) is 0.600. The first-order chi connectivity index (χ1) is 13.8. The predicted octanol–water partition coefficient (Wildman–Crippen LogP) is 6.51. The van der Waals surface area contributed by atoms with Crippen molar-refractivity contribution in [2.75, 3.05) is 6.61 Å². The molecule has 28 heavy (non-hydrogen) atoms. The Hall–Kier alpha value is -1.90. The van der Waals surface area contributed by atoms with Gasteiger partial charge in [-0.05, 0) is 74.1 Å². The van der Waals surface area contributed by atoms with Gasteiger partial charge in [-0.25, -0.2) is 9.97 Å². The second-order valence-electron chi connectivity index (χ2n) is 8.33. The normalized spacial score (nSPS) is 19.5. The Labute approximate surface area is 171 Å². The molecule has 152 valence electrons. The zero-order chi connectivity index (χ0) is 19.6. The van der Waals surface area contributed by atoms with Gasteiger partial charge in [0.05, 0.1) is 6.61 Å². The van der Waals surface area contributed by atoms with Gasteiger partial charge in [-0.15, -0.1) is 0 Å². The van der Waals surface area contributed by atoms with Gasteiger partial charge in [0.25, 0.3) is 0 Å². The number of ether oxygens (including phenoxy) is 1. The van der Waals surface area contributed by atoms with Gasteiger partial charge in [0.15, 0.2) is 0 Å². The van der Waals surface area contributed by atoms with Gasteiger partial charge in [-0.2, -0.15) is 0 Å². The van der Waals surface area contributed by atoms with Crippen molar-refractivity contribution in [1.82, 2.24) is 9.97 Å². The average molecular weight is 381 g/mol. The van der Waals surface area contributed by atoms with E-state index in [9.17, 15) is 0 Å². The summed E-state index contributed by atoms with van der Waals surface area (Å²) in [4.78, 5) is 9.36. The van der Waals surface area contributed by atoms with Crippen LogP contribution in [-0.4, -0.2) is 16.6 Å². The highest BCUT2D eigenvalue weighted by Gasteiger charge is 2.24. The topological polar surface area (TPSA) is 35.0 Å². The van der Waals surface area contributed by atoms with E-state index in [1.165, 1.54) is 62.5 Å². The van der Waals surface area contributed by atoms with Crippen LogP contribution in [0.3, 0.4) is 0 Å². The van der Waals surface area contributed by atoms with E-state index in [2.05, 4.69) is 60.5 Å². The third-order valence-electron chi connectivity index (χ3n) is 5.95. The molecule has 0 saturated heterocycles. The number of benzene rings is 1. The Balaban J connectivity index is 1.40. The molecule has 0 unspecified atom stereocenters. The maximum atomic E-state index is 6.05. The molecule has 0 bridgehead atoms. The van der Waals surface area contributed by atoms with Gasteiger partial charge in [0.1, 0.15) is 11.6 Å². The van der Waals surface area contributed by atoms with E-state index in [0.29, 0.717) is 11.8 Å². The van der Waals surface area contributed by atoms with Crippen LogP contribution in [0.2, 0.25) is 0 Å². The van der Waals surface area contributed by atoms with E-state index in [-0.39, 0.29) is 0 Å². The maximum absolute atomic E-state index is 6.05. The lowest BCUT2D eigenvalue weighted by molar-refractivity contribution is 0.198. The Bertz CT molecular complexity index is 673. The highest BCUT2D eigenvalue weighted by atomic mass is 16.5. The zero-order valence-electron chi connectivity index (χ0n) is 17.7. The van der Waals surface area contributed by atoms with Gasteiger partial charge < -0.3 is 4.74 Å². The van der Waals surface area contributed by atoms with Crippen LogP contribution >= 0.6 is 0 Å². The molecule has 1 heterocycles. The lowest BCUT2D eigenvalue weighted by Gasteiger charge is -2.27. The van der Waals surface area contributed by atoms with Crippen LogP contribution in [-0.2, 0) is 12.8 Å².